The minimum absolute atomic E-state index is 0.291. The van der Waals surface area contributed by atoms with Crippen LogP contribution < -0.4 is 5.32 Å². The van der Waals surface area contributed by atoms with Crippen LogP contribution in [0.25, 0.3) is 0 Å². The average molecular weight is 220 g/mol. The fraction of sp³-hybridized carbons (Fsp3) is 1.00. The lowest BCUT2D eigenvalue weighted by Crippen LogP contribution is -2.29. The molecule has 0 aromatic carbocycles. The van der Waals surface area contributed by atoms with Gasteiger partial charge in [0.15, 0.2) is 0 Å². The van der Waals surface area contributed by atoms with Gasteiger partial charge in [-0.25, -0.2) is 12.7 Å². The second-order valence-electron chi connectivity index (χ2n) is 3.95. The standard InChI is InChI=1S/C9H20N2O2S/c1-3-10-5-4-6-11-7-9(2)8-14(11,12)13/h9-10H,3-8H2,1-2H3. The summed E-state index contributed by atoms with van der Waals surface area (Å²) in [5, 5.41) is 3.19. The number of hydrogen-bond acceptors (Lipinski definition) is 3. The Balaban J connectivity index is 2.31. The van der Waals surface area contributed by atoms with Gasteiger partial charge in [-0.1, -0.05) is 13.8 Å². The van der Waals surface area contributed by atoms with E-state index >= 15 is 0 Å². The highest BCUT2D eigenvalue weighted by Gasteiger charge is 2.32. The van der Waals surface area contributed by atoms with Crippen LogP contribution in [-0.2, 0) is 10.0 Å². The van der Waals surface area contributed by atoms with E-state index in [0.717, 1.165) is 19.5 Å². The molecule has 0 spiro atoms. The summed E-state index contributed by atoms with van der Waals surface area (Å²) in [6.45, 7) is 7.25. The molecule has 1 rings (SSSR count). The second-order valence-corrected chi connectivity index (χ2v) is 5.96. The van der Waals surface area contributed by atoms with E-state index in [4.69, 9.17) is 0 Å². The zero-order valence-corrected chi connectivity index (χ0v) is 9.81. The molecule has 0 amide bonds. The first-order valence-corrected chi connectivity index (χ1v) is 6.85. The van der Waals surface area contributed by atoms with Crippen molar-refractivity contribution in [2.75, 3.05) is 31.9 Å². The lowest BCUT2D eigenvalue weighted by atomic mass is 10.2. The van der Waals surface area contributed by atoms with Gasteiger partial charge < -0.3 is 5.32 Å². The molecule has 1 atom stereocenters. The highest BCUT2D eigenvalue weighted by molar-refractivity contribution is 7.89. The van der Waals surface area contributed by atoms with Gasteiger partial charge in [-0.2, -0.15) is 0 Å². The van der Waals surface area contributed by atoms with Crippen molar-refractivity contribution in [2.24, 2.45) is 5.92 Å². The molecule has 14 heavy (non-hydrogen) atoms. The third-order valence-corrected chi connectivity index (χ3v) is 4.52. The van der Waals surface area contributed by atoms with Crippen LogP contribution in [-0.4, -0.2) is 44.7 Å². The molecule has 1 heterocycles. The van der Waals surface area contributed by atoms with Gasteiger partial charge in [-0.3, -0.25) is 0 Å². The zero-order valence-electron chi connectivity index (χ0n) is 8.99. The van der Waals surface area contributed by atoms with Gasteiger partial charge in [0.1, 0.15) is 0 Å². The maximum Gasteiger partial charge on any atom is 0.214 e. The largest absolute Gasteiger partial charge is 0.317 e. The molecule has 1 N–H and O–H groups in total. The minimum Gasteiger partial charge on any atom is -0.317 e. The number of rotatable bonds is 5. The fourth-order valence-corrected chi connectivity index (χ4v) is 3.69. The van der Waals surface area contributed by atoms with Crippen LogP contribution >= 0.6 is 0 Å². The van der Waals surface area contributed by atoms with E-state index in [-0.39, 0.29) is 0 Å². The third-order valence-electron chi connectivity index (χ3n) is 2.41. The topological polar surface area (TPSA) is 49.4 Å². The van der Waals surface area contributed by atoms with Crippen molar-refractivity contribution >= 4 is 10.0 Å². The van der Waals surface area contributed by atoms with E-state index in [2.05, 4.69) is 12.2 Å². The molecule has 0 aliphatic carbocycles. The lowest BCUT2D eigenvalue weighted by Gasteiger charge is -2.13. The summed E-state index contributed by atoms with van der Waals surface area (Å²) >= 11 is 0. The summed E-state index contributed by atoms with van der Waals surface area (Å²) in [6, 6.07) is 0. The van der Waals surface area contributed by atoms with Crippen molar-refractivity contribution in [3.05, 3.63) is 0 Å². The van der Waals surface area contributed by atoms with Gasteiger partial charge in [-0.05, 0) is 25.4 Å². The molecular weight excluding hydrogens is 200 g/mol. The van der Waals surface area contributed by atoms with E-state index in [1.807, 2.05) is 6.92 Å². The molecule has 1 fully saturated rings. The van der Waals surface area contributed by atoms with E-state index in [1.54, 1.807) is 4.31 Å². The summed E-state index contributed by atoms with van der Waals surface area (Å²) < 4.78 is 24.7. The van der Waals surface area contributed by atoms with E-state index in [9.17, 15) is 8.42 Å². The Morgan fingerprint density at radius 1 is 1.50 bits per heavy atom. The van der Waals surface area contributed by atoms with Crippen LogP contribution in [0, 0.1) is 5.92 Å². The van der Waals surface area contributed by atoms with E-state index in [1.165, 1.54) is 0 Å². The Labute approximate surface area is 86.7 Å². The molecule has 1 aliphatic heterocycles. The van der Waals surface area contributed by atoms with Crippen molar-refractivity contribution < 1.29 is 8.42 Å². The number of sulfonamides is 1. The summed E-state index contributed by atoms with van der Waals surface area (Å²) in [5.74, 6) is 0.618. The van der Waals surface area contributed by atoms with Crippen LogP contribution in [0.3, 0.4) is 0 Å². The van der Waals surface area contributed by atoms with Gasteiger partial charge in [0, 0.05) is 13.1 Å². The molecular formula is C9H20N2O2S. The van der Waals surface area contributed by atoms with Crippen LogP contribution in [0.1, 0.15) is 20.3 Å². The fourth-order valence-electron chi connectivity index (χ4n) is 1.77. The molecule has 0 radical (unpaired) electrons. The predicted molar refractivity (Wildman–Crippen MR) is 57.7 cm³/mol. The summed E-state index contributed by atoms with van der Waals surface area (Å²) in [7, 11) is -2.92. The maximum absolute atomic E-state index is 11.5. The Morgan fingerprint density at radius 3 is 2.71 bits per heavy atom. The van der Waals surface area contributed by atoms with Crippen molar-refractivity contribution in [3.8, 4) is 0 Å². The first-order valence-electron chi connectivity index (χ1n) is 5.25. The van der Waals surface area contributed by atoms with Crippen molar-refractivity contribution in [1.82, 2.24) is 9.62 Å². The predicted octanol–water partition coefficient (Wildman–Crippen LogP) is 0.267. The Morgan fingerprint density at radius 2 is 2.21 bits per heavy atom. The number of nitrogens with zero attached hydrogens (tertiary/aromatic N) is 1. The zero-order chi connectivity index (χ0) is 10.6. The molecule has 84 valence electrons. The Bertz CT molecular complexity index is 264. The molecule has 1 unspecified atom stereocenters. The molecule has 0 aromatic rings. The first kappa shape index (κ1) is 11.9. The van der Waals surface area contributed by atoms with Gasteiger partial charge in [0.2, 0.25) is 10.0 Å². The normalized spacial score (nSPS) is 26.9. The van der Waals surface area contributed by atoms with Crippen LogP contribution in [0.2, 0.25) is 0 Å². The molecule has 1 saturated heterocycles. The Hall–Kier alpha value is -0.130. The SMILES string of the molecule is CCNCCCN1CC(C)CS1(=O)=O. The molecule has 0 saturated carbocycles. The minimum atomic E-state index is -2.92. The highest BCUT2D eigenvalue weighted by atomic mass is 32.2. The van der Waals surface area contributed by atoms with Gasteiger partial charge in [-0.15, -0.1) is 0 Å². The lowest BCUT2D eigenvalue weighted by molar-refractivity contribution is 0.403. The first-order chi connectivity index (χ1) is 6.56. The quantitative estimate of drug-likeness (QED) is 0.677. The molecule has 0 bridgehead atoms. The smallest absolute Gasteiger partial charge is 0.214 e. The summed E-state index contributed by atoms with van der Waals surface area (Å²) in [6.07, 6.45) is 0.903. The van der Waals surface area contributed by atoms with E-state index in [0.29, 0.717) is 24.8 Å². The summed E-state index contributed by atoms with van der Waals surface area (Å²) in [5.41, 5.74) is 0. The Kier molecular flexibility index (Phi) is 4.34. The second kappa shape index (κ2) is 5.09. The number of nitrogens with one attached hydrogen (secondary N) is 1. The van der Waals surface area contributed by atoms with Gasteiger partial charge >= 0.3 is 0 Å². The van der Waals surface area contributed by atoms with Crippen molar-refractivity contribution in [3.63, 3.8) is 0 Å². The van der Waals surface area contributed by atoms with Crippen LogP contribution in [0.15, 0.2) is 0 Å². The molecule has 0 aromatic heterocycles. The number of hydrogen-bond donors (Lipinski definition) is 1. The molecule has 1 aliphatic rings. The molecule has 5 heteroatoms. The van der Waals surface area contributed by atoms with E-state index < -0.39 is 10.0 Å². The van der Waals surface area contributed by atoms with Crippen molar-refractivity contribution in [2.45, 2.75) is 20.3 Å². The maximum atomic E-state index is 11.5. The van der Waals surface area contributed by atoms with Gasteiger partial charge in [0.25, 0.3) is 0 Å². The van der Waals surface area contributed by atoms with Crippen LogP contribution in [0.5, 0.6) is 0 Å². The monoisotopic (exact) mass is 220 g/mol. The molecule has 4 nitrogen and oxygen atoms in total. The third kappa shape index (κ3) is 3.22. The summed E-state index contributed by atoms with van der Waals surface area (Å²) in [4.78, 5) is 0. The van der Waals surface area contributed by atoms with Gasteiger partial charge in [0.05, 0.1) is 5.75 Å². The average Bonchev–Trinajstić information content (AvgIpc) is 2.33. The van der Waals surface area contributed by atoms with Crippen molar-refractivity contribution in [1.29, 1.82) is 0 Å². The highest BCUT2D eigenvalue weighted by Crippen LogP contribution is 2.18. The van der Waals surface area contributed by atoms with Crippen LogP contribution in [0.4, 0.5) is 0 Å².